The van der Waals surface area contributed by atoms with Crippen LogP contribution in [-0.2, 0) is 9.53 Å². The van der Waals surface area contributed by atoms with Crippen molar-refractivity contribution in [2.24, 2.45) is 0 Å². The molecule has 1 aromatic heterocycles. The molecule has 0 aliphatic rings. The molecule has 0 atom stereocenters. The molecule has 4 nitrogen and oxygen atoms in total. The van der Waals surface area contributed by atoms with Gasteiger partial charge in [0.1, 0.15) is 6.33 Å². The third-order valence-corrected chi connectivity index (χ3v) is 3.20. The highest BCUT2D eigenvalue weighted by Crippen LogP contribution is 2.19. The highest BCUT2D eigenvalue weighted by molar-refractivity contribution is 8.00. The number of ether oxygens (including phenoxy) is 1. The van der Waals surface area contributed by atoms with E-state index in [2.05, 4.69) is 14.1 Å². The molecule has 0 amide bonds. The molecule has 0 saturated heterocycles. The Balaban J connectivity index is 2.05. The Labute approximate surface area is 84.9 Å². The molecule has 0 fully saturated rings. The van der Waals surface area contributed by atoms with Gasteiger partial charge in [-0.3, -0.25) is 4.79 Å². The lowest BCUT2D eigenvalue weighted by atomic mass is 10.3. The van der Waals surface area contributed by atoms with E-state index in [1.807, 2.05) is 0 Å². The van der Waals surface area contributed by atoms with Gasteiger partial charge >= 0.3 is 5.97 Å². The van der Waals surface area contributed by atoms with Crippen LogP contribution in [-0.4, -0.2) is 28.2 Å². The molecule has 0 unspecified atom stereocenters. The number of thioether (sulfide) groups is 1. The van der Waals surface area contributed by atoms with Crippen molar-refractivity contribution in [3.05, 3.63) is 6.33 Å². The minimum Gasteiger partial charge on any atom is -0.469 e. The van der Waals surface area contributed by atoms with Gasteiger partial charge in [-0.1, -0.05) is 11.8 Å². The first kappa shape index (κ1) is 10.5. The molecule has 0 N–H and O–H groups in total. The van der Waals surface area contributed by atoms with E-state index in [1.165, 1.54) is 25.0 Å². The molecule has 0 aliphatic carbocycles. The zero-order chi connectivity index (χ0) is 9.52. The Bertz CT molecular complexity index is 251. The molecule has 0 saturated carbocycles. The van der Waals surface area contributed by atoms with Crippen molar-refractivity contribution < 1.29 is 9.53 Å². The second kappa shape index (κ2) is 5.93. The fourth-order valence-corrected chi connectivity index (χ4v) is 2.16. The first-order valence-corrected chi connectivity index (χ1v) is 5.55. The monoisotopic (exact) mass is 218 g/mol. The summed E-state index contributed by atoms with van der Waals surface area (Å²) in [7, 11) is 1.40. The van der Waals surface area contributed by atoms with Gasteiger partial charge in [0.25, 0.3) is 0 Å². The summed E-state index contributed by atoms with van der Waals surface area (Å²) in [5, 5.41) is 0. The standard InChI is InChI=1S/C7H10N2O2S2/c1-11-6(10)3-2-4-12-7-8-5-9-13-7/h5H,2-4H2,1H3. The van der Waals surface area contributed by atoms with Gasteiger partial charge in [0.15, 0.2) is 4.34 Å². The molecule has 1 aromatic rings. The second-order valence-electron chi connectivity index (χ2n) is 2.24. The second-order valence-corrected chi connectivity index (χ2v) is 4.36. The number of hydrogen-bond acceptors (Lipinski definition) is 6. The lowest BCUT2D eigenvalue weighted by molar-refractivity contribution is -0.140. The van der Waals surface area contributed by atoms with E-state index in [-0.39, 0.29) is 5.97 Å². The third kappa shape index (κ3) is 4.23. The third-order valence-electron chi connectivity index (χ3n) is 1.32. The minimum atomic E-state index is -0.155. The van der Waals surface area contributed by atoms with Gasteiger partial charge in [-0.15, -0.1) is 0 Å². The number of methoxy groups -OCH3 is 1. The first-order valence-electron chi connectivity index (χ1n) is 3.79. The molecule has 0 bridgehead atoms. The van der Waals surface area contributed by atoms with Crippen LogP contribution in [0.3, 0.4) is 0 Å². The molecular weight excluding hydrogens is 208 g/mol. The van der Waals surface area contributed by atoms with E-state index in [4.69, 9.17) is 0 Å². The minimum absolute atomic E-state index is 0.155. The van der Waals surface area contributed by atoms with Gasteiger partial charge in [-0.25, -0.2) is 4.98 Å². The van der Waals surface area contributed by atoms with Crippen LogP contribution >= 0.6 is 23.3 Å². The largest absolute Gasteiger partial charge is 0.469 e. The molecule has 0 aromatic carbocycles. The van der Waals surface area contributed by atoms with Gasteiger partial charge in [0, 0.05) is 12.2 Å². The number of carbonyl (C=O) groups is 1. The summed E-state index contributed by atoms with van der Waals surface area (Å²) >= 11 is 2.99. The number of nitrogens with zero attached hydrogens (tertiary/aromatic N) is 2. The maximum atomic E-state index is 10.7. The number of carbonyl (C=O) groups excluding carboxylic acids is 1. The Kier molecular flexibility index (Phi) is 4.77. The molecule has 6 heteroatoms. The van der Waals surface area contributed by atoms with Crippen LogP contribution < -0.4 is 0 Å². The van der Waals surface area contributed by atoms with E-state index in [1.54, 1.807) is 11.8 Å². The molecule has 0 spiro atoms. The fourth-order valence-electron chi connectivity index (χ4n) is 0.705. The summed E-state index contributed by atoms with van der Waals surface area (Å²) in [6.45, 7) is 0. The van der Waals surface area contributed by atoms with Crippen LogP contribution in [0.15, 0.2) is 10.7 Å². The van der Waals surface area contributed by atoms with Crippen molar-refractivity contribution >= 4 is 29.3 Å². The van der Waals surface area contributed by atoms with Crippen molar-refractivity contribution in [3.63, 3.8) is 0 Å². The molecular formula is C7H10N2O2S2. The van der Waals surface area contributed by atoms with Crippen molar-refractivity contribution in [2.45, 2.75) is 17.2 Å². The SMILES string of the molecule is COC(=O)CCCSc1ncns1. The predicted molar refractivity (Wildman–Crippen MR) is 51.9 cm³/mol. The molecule has 13 heavy (non-hydrogen) atoms. The lowest BCUT2D eigenvalue weighted by Gasteiger charge is -1.97. The van der Waals surface area contributed by atoms with Crippen LogP contribution in [0, 0.1) is 0 Å². The summed E-state index contributed by atoms with van der Waals surface area (Å²) < 4.78 is 9.33. The van der Waals surface area contributed by atoms with Crippen molar-refractivity contribution in [1.29, 1.82) is 0 Å². The average Bonchev–Trinajstić information content (AvgIpc) is 2.64. The van der Waals surface area contributed by atoms with E-state index < -0.39 is 0 Å². The van der Waals surface area contributed by atoms with Gasteiger partial charge in [0.05, 0.1) is 7.11 Å². The summed E-state index contributed by atoms with van der Waals surface area (Å²) in [6.07, 6.45) is 2.83. The van der Waals surface area contributed by atoms with E-state index in [0.29, 0.717) is 6.42 Å². The fraction of sp³-hybridized carbons (Fsp3) is 0.571. The molecule has 72 valence electrons. The van der Waals surface area contributed by atoms with Crippen molar-refractivity contribution in [2.75, 3.05) is 12.9 Å². The van der Waals surface area contributed by atoms with Gasteiger partial charge < -0.3 is 4.74 Å². The zero-order valence-electron chi connectivity index (χ0n) is 7.23. The normalized spacial score (nSPS) is 9.92. The van der Waals surface area contributed by atoms with E-state index in [9.17, 15) is 4.79 Å². The van der Waals surface area contributed by atoms with Gasteiger partial charge in [0.2, 0.25) is 0 Å². The van der Waals surface area contributed by atoms with Crippen LogP contribution in [0.5, 0.6) is 0 Å². The Morgan fingerprint density at radius 3 is 3.23 bits per heavy atom. The van der Waals surface area contributed by atoms with Crippen LogP contribution in [0.4, 0.5) is 0 Å². The molecule has 0 radical (unpaired) electrons. The van der Waals surface area contributed by atoms with Crippen LogP contribution in [0.2, 0.25) is 0 Å². The van der Waals surface area contributed by atoms with Crippen molar-refractivity contribution in [3.8, 4) is 0 Å². The lowest BCUT2D eigenvalue weighted by Crippen LogP contribution is -1.99. The Morgan fingerprint density at radius 1 is 1.77 bits per heavy atom. The maximum absolute atomic E-state index is 10.7. The molecule has 1 rings (SSSR count). The topological polar surface area (TPSA) is 52.1 Å². The van der Waals surface area contributed by atoms with Gasteiger partial charge in [-0.2, -0.15) is 4.37 Å². The Morgan fingerprint density at radius 2 is 2.62 bits per heavy atom. The first-order chi connectivity index (χ1) is 6.33. The van der Waals surface area contributed by atoms with Crippen LogP contribution in [0.25, 0.3) is 0 Å². The van der Waals surface area contributed by atoms with E-state index >= 15 is 0 Å². The van der Waals surface area contributed by atoms with Crippen molar-refractivity contribution in [1.82, 2.24) is 9.36 Å². The predicted octanol–water partition coefficient (Wildman–Crippen LogP) is 1.58. The number of aromatic nitrogens is 2. The number of hydrogen-bond donors (Lipinski definition) is 0. The van der Waals surface area contributed by atoms with Crippen LogP contribution in [0.1, 0.15) is 12.8 Å². The Hall–Kier alpha value is -0.620. The number of esters is 1. The molecule has 1 heterocycles. The smallest absolute Gasteiger partial charge is 0.305 e. The van der Waals surface area contributed by atoms with E-state index in [0.717, 1.165) is 16.5 Å². The molecule has 0 aliphatic heterocycles. The summed E-state index contributed by atoms with van der Waals surface area (Å²) in [4.78, 5) is 14.7. The highest BCUT2D eigenvalue weighted by atomic mass is 32.2. The maximum Gasteiger partial charge on any atom is 0.305 e. The summed E-state index contributed by atoms with van der Waals surface area (Å²) in [6, 6.07) is 0. The quantitative estimate of drug-likeness (QED) is 0.426. The average molecular weight is 218 g/mol. The van der Waals surface area contributed by atoms with Gasteiger partial charge in [-0.05, 0) is 18.0 Å². The summed E-state index contributed by atoms with van der Waals surface area (Å²) in [5.41, 5.74) is 0. The highest BCUT2D eigenvalue weighted by Gasteiger charge is 2.01. The number of rotatable bonds is 5. The zero-order valence-corrected chi connectivity index (χ0v) is 8.86. The summed E-state index contributed by atoms with van der Waals surface area (Å²) in [5.74, 6) is 0.725.